The van der Waals surface area contributed by atoms with E-state index in [9.17, 15) is 0 Å². The van der Waals surface area contributed by atoms with Gasteiger partial charge in [-0.1, -0.05) is 48.6 Å². The number of allylic oxidation sites excluding steroid dienone is 3. The van der Waals surface area contributed by atoms with Gasteiger partial charge < -0.3 is 0 Å². The van der Waals surface area contributed by atoms with E-state index in [1.807, 2.05) is 6.92 Å². The van der Waals surface area contributed by atoms with Crippen molar-refractivity contribution in [3.05, 3.63) is 73.4 Å². The van der Waals surface area contributed by atoms with Crippen molar-refractivity contribution < 1.29 is 0 Å². The van der Waals surface area contributed by atoms with Gasteiger partial charge in [-0.3, -0.25) is 0 Å². The lowest BCUT2D eigenvalue weighted by atomic mass is 10.0. The highest BCUT2D eigenvalue weighted by atomic mass is 127. The molecule has 0 radical (unpaired) electrons. The van der Waals surface area contributed by atoms with Crippen LogP contribution in [0.25, 0.3) is 17.2 Å². The summed E-state index contributed by atoms with van der Waals surface area (Å²) in [6, 6.07) is 17.2. The van der Waals surface area contributed by atoms with Gasteiger partial charge >= 0.3 is 0 Å². The lowest BCUT2D eigenvalue weighted by molar-refractivity contribution is 1.58. The first-order valence-corrected chi connectivity index (χ1v) is 8.20. The molecule has 2 rings (SSSR count). The second kappa shape index (κ2) is 7.24. The number of hydrogen-bond donors (Lipinski definition) is 0. The largest absolute Gasteiger partial charge is 0.0742 e. The molecule has 0 N–H and O–H groups in total. The summed E-state index contributed by atoms with van der Waals surface area (Å²) < 4.78 is 2.51. The molecule has 0 bridgehead atoms. The van der Waals surface area contributed by atoms with Crippen molar-refractivity contribution >= 4 is 51.3 Å². The van der Waals surface area contributed by atoms with Crippen LogP contribution in [0.2, 0.25) is 0 Å². The second-order valence-electron chi connectivity index (χ2n) is 4.14. The molecule has 96 valence electrons. The molecule has 0 aromatic heterocycles. The standard InChI is InChI=1S/C17H14I2/c1-2-16(18)11-8-13-6-9-14(10-7-13)15-4-3-5-17(19)12-15/h2-12H,1H3/b11-8+,16-2+. The van der Waals surface area contributed by atoms with E-state index in [-0.39, 0.29) is 0 Å². The zero-order valence-electron chi connectivity index (χ0n) is 10.6. The van der Waals surface area contributed by atoms with Gasteiger partial charge in [0.15, 0.2) is 0 Å². The molecule has 0 aliphatic rings. The van der Waals surface area contributed by atoms with Crippen LogP contribution < -0.4 is 0 Å². The molecular weight excluding hydrogens is 458 g/mol. The molecule has 0 fully saturated rings. The zero-order chi connectivity index (χ0) is 13.7. The Labute approximate surface area is 141 Å². The van der Waals surface area contributed by atoms with Gasteiger partial charge in [0.25, 0.3) is 0 Å². The van der Waals surface area contributed by atoms with E-state index in [0.29, 0.717) is 0 Å². The molecule has 2 aromatic carbocycles. The van der Waals surface area contributed by atoms with Gasteiger partial charge in [0, 0.05) is 7.15 Å². The van der Waals surface area contributed by atoms with Gasteiger partial charge in [-0.15, -0.1) is 0 Å². The van der Waals surface area contributed by atoms with Crippen LogP contribution in [0.4, 0.5) is 0 Å². The molecular formula is C17H14I2. The number of benzene rings is 2. The predicted octanol–water partition coefficient (Wildman–Crippen LogP) is 6.31. The fourth-order valence-corrected chi connectivity index (χ4v) is 2.45. The Bertz CT molecular complexity index is 607. The topological polar surface area (TPSA) is 0 Å². The number of rotatable bonds is 3. The van der Waals surface area contributed by atoms with Gasteiger partial charge in [-0.2, -0.15) is 0 Å². The normalized spacial score (nSPS) is 12.1. The third-order valence-corrected chi connectivity index (χ3v) is 4.43. The molecule has 2 aromatic rings. The molecule has 0 saturated carbocycles. The summed E-state index contributed by atoms with van der Waals surface area (Å²) in [4.78, 5) is 0. The number of halogens is 2. The van der Waals surface area contributed by atoms with E-state index in [4.69, 9.17) is 0 Å². The smallest absolute Gasteiger partial charge is 0.0136 e. The van der Waals surface area contributed by atoms with Gasteiger partial charge in [0.1, 0.15) is 0 Å². The molecule has 0 aliphatic carbocycles. The van der Waals surface area contributed by atoms with Crippen LogP contribution in [0.3, 0.4) is 0 Å². The molecule has 0 amide bonds. The van der Waals surface area contributed by atoms with Crippen LogP contribution >= 0.6 is 45.2 Å². The minimum atomic E-state index is 1.23. The van der Waals surface area contributed by atoms with Crippen molar-refractivity contribution in [2.24, 2.45) is 0 Å². The summed E-state index contributed by atoms with van der Waals surface area (Å²) in [5.74, 6) is 0. The van der Waals surface area contributed by atoms with Crippen LogP contribution in [0.1, 0.15) is 12.5 Å². The van der Waals surface area contributed by atoms with Gasteiger partial charge in [-0.05, 0) is 87.0 Å². The summed E-state index contributed by atoms with van der Waals surface area (Å²) in [7, 11) is 0. The maximum atomic E-state index is 2.35. The number of hydrogen-bond acceptors (Lipinski definition) is 0. The first kappa shape index (κ1) is 14.8. The molecule has 0 unspecified atom stereocenters. The Kier molecular flexibility index (Phi) is 5.63. The van der Waals surface area contributed by atoms with E-state index in [0.717, 1.165) is 0 Å². The molecule has 2 heteroatoms. The molecule has 0 saturated heterocycles. The Balaban J connectivity index is 2.21. The van der Waals surface area contributed by atoms with Gasteiger partial charge in [0.2, 0.25) is 0 Å². The van der Waals surface area contributed by atoms with Gasteiger partial charge in [0.05, 0.1) is 0 Å². The molecule has 0 nitrogen and oxygen atoms in total. The second-order valence-corrected chi connectivity index (χ2v) is 6.63. The molecule has 19 heavy (non-hydrogen) atoms. The van der Waals surface area contributed by atoms with E-state index >= 15 is 0 Å². The summed E-state index contributed by atoms with van der Waals surface area (Å²) in [5, 5.41) is 0. The third kappa shape index (κ3) is 4.45. The Hall–Kier alpha value is -0.620. The average Bonchev–Trinajstić information content (AvgIpc) is 2.45. The van der Waals surface area contributed by atoms with Crippen LogP contribution in [0, 0.1) is 3.57 Å². The van der Waals surface area contributed by atoms with Crippen LogP contribution in [-0.2, 0) is 0 Å². The first-order valence-electron chi connectivity index (χ1n) is 6.05. The SMILES string of the molecule is C/C=C(I)\C=C\c1ccc(-c2cccc(I)c2)cc1. The van der Waals surface area contributed by atoms with Crippen molar-refractivity contribution in [3.8, 4) is 11.1 Å². The molecule has 0 spiro atoms. The van der Waals surface area contributed by atoms with E-state index in [1.165, 1.54) is 23.8 Å². The minimum Gasteiger partial charge on any atom is -0.0742 e. The Morgan fingerprint density at radius 3 is 2.37 bits per heavy atom. The lowest BCUT2D eigenvalue weighted by Gasteiger charge is -2.03. The van der Waals surface area contributed by atoms with Crippen molar-refractivity contribution in [2.45, 2.75) is 6.92 Å². The molecule has 0 atom stereocenters. The molecule has 0 aliphatic heterocycles. The van der Waals surface area contributed by atoms with E-state index in [2.05, 4.69) is 112 Å². The first-order chi connectivity index (χ1) is 9.19. The van der Waals surface area contributed by atoms with Crippen LogP contribution in [0.5, 0.6) is 0 Å². The molecule has 0 heterocycles. The predicted molar refractivity (Wildman–Crippen MR) is 101 cm³/mol. The average molecular weight is 472 g/mol. The van der Waals surface area contributed by atoms with Crippen molar-refractivity contribution in [1.82, 2.24) is 0 Å². The maximum Gasteiger partial charge on any atom is 0.0136 e. The van der Waals surface area contributed by atoms with Crippen molar-refractivity contribution in [1.29, 1.82) is 0 Å². The quantitative estimate of drug-likeness (QED) is 0.363. The summed E-state index contributed by atoms with van der Waals surface area (Å²) >= 11 is 4.67. The van der Waals surface area contributed by atoms with Crippen LogP contribution in [-0.4, -0.2) is 0 Å². The lowest BCUT2D eigenvalue weighted by Crippen LogP contribution is -1.79. The summed E-state index contributed by atoms with van der Waals surface area (Å²) in [6.07, 6.45) is 6.36. The summed E-state index contributed by atoms with van der Waals surface area (Å²) in [6.45, 7) is 2.05. The fraction of sp³-hybridized carbons (Fsp3) is 0.0588. The highest BCUT2D eigenvalue weighted by Crippen LogP contribution is 2.22. The maximum absolute atomic E-state index is 2.35. The van der Waals surface area contributed by atoms with Crippen molar-refractivity contribution in [2.75, 3.05) is 0 Å². The highest BCUT2D eigenvalue weighted by molar-refractivity contribution is 14.1. The highest BCUT2D eigenvalue weighted by Gasteiger charge is 1.97. The zero-order valence-corrected chi connectivity index (χ0v) is 14.9. The Morgan fingerprint density at radius 1 is 1.00 bits per heavy atom. The Morgan fingerprint density at radius 2 is 1.74 bits per heavy atom. The van der Waals surface area contributed by atoms with Crippen LogP contribution in [0.15, 0.2) is 64.3 Å². The minimum absolute atomic E-state index is 1.23. The summed E-state index contributed by atoms with van der Waals surface area (Å²) in [5.41, 5.74) is 3.76. The van der Waals surface area contributed by atoms with Gasteiger partial charge in [-0.25, -0.2) is 0 Å². The van der Waals surface area contributed by atoms with Crippen molar-refractivity contribution in [3.63, 3.8) is 0 Å². The monoisotopic (exact) mass is 472 g/mol. The van der Waals surface area contributed by atoms with E-state index in [1.54, 1.807) is 0 Å². The third-order valence-electron chi connectivity index (χ3n) is 2.78. The van der Waals surface area contributed by atoms with E-state index < -0.39 is 0 Å². The fourth-order valence-electron chi connectivity index (χ4n) is 1.73.